The molecule has 3 rings (SSSR count). The molecule has 0 fully saturated rings. The Hall–Kier alpha value is -1.31. The quantitative estimate of drug-likeness (QED) is 0.809. The second kappa shape index (κ2) is 6.64. The highest BCUT2D eigenvalue weighted by Gasteiger charge is 2.21. The molecule has 2 heteroatoms. The molecule has 1 aliphatic rings. The van der Waals surface area contributed by atoms with Crippen LogP contribution < -0.4 is 5.32 Å². The minimum Gasteiger partial charge on any atom is -0.310 e. The van der Waals surface area contributed by atoms with Gasteiger partial charge in [0, 0.05) is 11.1 Å². The van der Waals surface area contributed by atoms with Gasteiger partial charge < -0.3 is 5.32 Å². The van der Waals surface area contributed by atoms with Crippen molar-refractivity contribution in [3.63, 3.8) is 0 Å². The van der Waals surface area contributed by atoms with Crippen molar-refractivity contribution >= 4 is 11.6 Å². The predicted molar refractivity (Wildman–Crippen MR) is 90.0 cm³/mol. The Bertz CT molecular complexity index is 594. The molecule has 0 aromatic heterocycles. The molecule has 0 amide bonds. The summed E-state index contributed by atoms with van der Waals surface area (Å²) in [6.45, 7) is 3.36. The fourth-order valence-electron chi connectivity index (χ4n) is 3.22. The molecule has 0 heterocycles. The van der Waals surface area contributed by atoms with Gasteiger partial charge in [-0.3, -0.25) is 0 Å². The first-order chi connectivity index (χ1) is 10.2. The first kappa shape index (κ1) is 14.6. The molecule has 2 aromatic rings. The SMILES string of the molecule is CC(CCNC1CCc2cc(Cl)ccc21)c1ccccc1. The van der Waals surface area contributed by atoms with Crippen LogP contribution in [0, 0.1) is 0 Å². The van der Waals surface area contributed by atoms with Crippen LogP contribution in [0.2, 0.25) is 5.02 Å². The van der Waals surface area contributed by atoms with E-state index in [2.05, 4.69) is 54.7 Å². The number of halogens is 1. The summed E-state index contributed by atoms with van der Waals surface area (Å²) in [5.74, 6) is 0.602. The summed E-state index contributed by atoms with van der Waals surface area (Å²) < 4.78 is 0. The standard InChI is InChI=1S/C19H22ClN/c1-14(15-5-3-2-4-6-15)11-12-21-19-10-7-16-13-17(20)8-9-18(16)19/h2-6,8-9,13-14,19,21H,7,10-12H2,1H3. The van der Waals surface area contributed by atoms with E-state index in [1.54, 1.807) is 0 Å². The third-order valence-corrected chi connectivity index (χ3v) is 4.75. The molecule has 0 saturated carbocycles. The molecule has 21 heavy (non-hydrogen) atoms. The van der Waals surface area contributed by atoms with Crippen LogP contribution in [0.4, 0.5) is 0 Å². The van der Waals surface area contributed by atoms with Crippen LogP contribution in [0.5, 0.6) is 0 Å². The molecular weight excluding hydrogens is 278 g/mol. The normalized spacial score (nSPS) is 18.5. The largest absolute Gasteiger partial charge is 0.310 e. The molecule has 0 bridgehead atoms. The van der Waals surface area contributed by atoms with E-state index in [0.717, 1.165) is 18.0 Å². The average Bonchev–Trinajstić information content (AvgIpc) is 2.90. The lowest BCUT2D eigenvalue weighted by molar-refractivity contribution is 0.501. The van der Waals surface area contributed by atoms with Crippen molar-refractivity contribution < 1.29 is 0 Å². The molecule has 0 saturated heterocycles. The van der Waals surface area contributed by atoms with Gasteiger partial charge in [0.05, 0.1) is 0 Å². The van der Waals surface area contributed by atoms with Crippen molar-refractivity contribution in [2.24, 2.45) is 0 Å². The van der Waals surface area contributed by atoms with Gasteiger partial charge in [-0.05, 0) is 60.5 Å². The summed E-state index contributed by atoms with van der Waals surface area (Å²) in [6.07, 6.45) is 3.50. The third-order valence-electron chi connectivity index (χ3n) is 4.52. The van der Waals surface area contributed by atoms with Gasteiger partial charge in [0.1, 0.15) is 0 Å². The Kier molecular flexibility index (Phi) is 4.62. The molecule has 2 atom stereocenters. The average molecular weight is 300 g/mol. The number of hydrogen-bond donors (Lipinski definition) is 1. The minimum atomic E-state index is 0.500. The molecule has 0 aliphatic heterocycles. The van der Waals surface area contributed by atoms with Crippen LogP contribution in [-0.4, -0.2) is 6.54 Å². The lowest BCUT2D eigenvalue weighted by Crippen LogP contribution is -2.21. The summed E-state index contributed by atoms with van der Waals surface area (Å²) in [6, 6.07) is 17.6. The summed E-state index contributed by atoms with van der Waals surface area (Å²) in [4.78, 5) is 0. The Balaban J connectivity index is 1.53. The molecule has 1 N–H and O–H groups in total. The molecule has 0 radical (unpaired) electrons. The third kappa shape index (κ3) is 3.48. The second-order valence-corrected chi connectivity index (χ2v) is 6.43. The van der Waals surface area contributed by atoms with Gasteiger partial charge in [-0.2, -0.15) is 0 Å². The molecular formula is C19H22ClN. The van der Waals surface area contributed by atoms with E-state index < -0.39 is 0 Å². The highest BCUT2D eigenvalue weighted by molar-refractivity contribution is 6.30. The predicted octanol–water partition coefficient (Wildman–Crippen LogP) is 5.11. The van der Waals surface area contributed by atoms with Gasteiger partial charge in [-0.15, -0.1) is 0 Å². The Morgan fingerprint density at radius 3 is 2.81 bits per heavy atom. The van der Waals surface area contributed by atoms with Crippen LogP contribution in [0.3, 0.4) is 0 Å². The second-order valence-electron chi connectivity index (χ2n) is 5.99. The summed E-state index contributed by atoms with van der Waals surface area (Å²) >= 11 is 6.06. The number of benzene rings is 2. The Morgan fingerprint density at radius 1 is 1.19 bits per heavy atom. The monoisotopic (exact) mass is 299 g/mol. The smallest absolute Gasteiger partial charge is 0.0408 e. The van der Waals surface area contributed by atoms with E-state index in [0.29, 0.717) is 12.0 Å². The molecule has 1 aliphatic carbocycles. The van der Waals surface area contributed by atoms with Crippen LogP contribution in [0.1, 0.15) is 48.4 Å². The number of nitrogens with one attached hydrogen (secondary N) is 1. The zero-order chi connectivity index (χ0) is 14.7. The van der Waals surface area contributed by atoms with Crippen LogP contribution in [0.15, 0.2) is 48.5 Å². The highest BCUT2D eigenvalue weighted by Crippen LogP contribution is 2.33. The van der Waals surface area contributed by atoms with Gasteiger partial charge in [-0.1, -0.05) is 54.9 Å². The Morgan fingerprint density at radius 2 is 2.00 bits per heavy atom. The molecule has 0 spiro atoms. The molecule has 1 nitrogen and oxygen atoms in total. The molecule has 2 unspecified atom stereocenters. The van der Waals surface area contributed by atoms with Crippen LogP contribution in [-0.2, 0) is 6.42 Å². The van der Waals surface area contributed by atoms with Crippen LogP contribution in [0.25, 0.3) is 0 Å². The lowest BCUT2D eigenvalue weighted by atomic mass is 9.98. The Labute approximate surface area is 132 Å². The van der Waals surface area contributed by atoms with Gasteiger partial charge in [0.2, 0.25) is 0 Å². The first-order valence-corrected chi connectivity index (χ1v) is 8.18. The summed E-state index contributed by atoms with van der Waals surface area (Å²) in [5.41, 5.74) is 4.28. The minimum absolute atomic E-state index is 0.500. The van der Waals surface area contributed by atoms with Crippen molar-refractivity contribution in [1.29, 1.82) is 0 Å². The van der Waals surface area contributed by atoms with E-state index in [9.17, 15) is 0 Å². The van der Waals surface area contributed by atoms with E-state index in [1.165, 1.54) is 29.5 Å². The fraction of sp³-hybridized carbons (Fsp3) is 0.368. The number of rotatable bonds is 5. The van der Waals surface area contributed by atoms with Crippen LogP contribution >= 0.6 is 11.6 Å². The van der Waals surface area contributed by atoms with Gasteiger partial charge in [-0.25, -0.2) is 0 Å². The van der Waals surface area contributed by atoms with Crippen molar-refractivity contribution in [3.05, 3.63) is 70.2 Å². The lowest BCUT2D eigenvalue weighted by Gasteiger charge is -2.17. The highest BCUT2D eigenvalue weighted by atomic mass is 35.5. The van der Waals surface area contributed by atoms with E-state index in [4.69, 9.17) is 11.6 Å². The van der Waals surface area contributed by atoms with Crippen molar-refractivity contribution in [2.45, 2.75) is 38.1 Å². The van der Waals surface area contributed by atoms with Crippen molar-refractivity contribution in [3.8, 4) is 0 Å². The zero-order valence-corrected chi connectivity index (χ0v) is 13.2. The number of aryl methyl sites for hydroxylation is 1. The van der Waals surface area contributed by atoms with Gasteiger partial charge in [0.15, 0.2) is 0 Å². The van der Waals surface area contributed by atoms with Gasteiger partial charge >= 0.3 is 0 Å². The maximum absolute atomic E-state index is 6.06. The van der Waals surface area contributed by atoms with E-state index >= 15 is 0 Å². The van der Waals surface area contributed by atoms with Crippen molar-refractivity contribution in [1.82, 2.24) is 5.32 Å². The molecule has 110 valence electrons. The first-order valence-electron chi connectivity index (χ1n) is 7.80. The zero-order valence-electron chi connectivity index (χ0n) is 12.5. The summed E-state index contributed by atoms with van der Waals surface area (Å²) in [7, 11) is 0. The summed E-state index contributed by atoms with van der Waals surface area (Å²) in [5, 5.41) is 4.57. The fourth-order valence-corrected chi connectivity index (χ4v) is 3.42. The van der Waals surface area contributed by atoms with E-state index in [-0.39, 0.29) is 0 Å². The van der Waals surface area contributed by atoms with Gasteiger partial charge in [0.25, 0.3) is 0 Å². The number of hydrogen-bond acceptors (Lipinski definition) is 1. The number of fused-ring (bicyclic) bond motifs is 1. The maximum atomic E-state index is 6.06. The van der Waals surface area contributed by atoms with E-state index in [1.807, 2.05) is 6.07 Å². The molecule has 2 aromatic carbocycles. The topological polar surface area (TPSA) is 12.0 Å². The maximum Gasteiger partial charge on any atom is 0.0408 e. The van der Waals surface area contributed by atoms with Crippen molar-refractivity contribution in [2.75, 3.05) is 6.54 Å².